The molecule has 2 aromatic rings. The van der Waals surface area contributed by atoms with Gasteiger partial charge in [0.15, 0.2) is 10.4 Å². The molecule has 1 fully saturated rings. The lowest BCUT2D eigenvalue weighted by Crippen LogP contribution is -2.20. The molecule has 2 atom stereocenters. The molecule has 2 aromatic heterocycles. The van der Waals surface area contributed by atoms with Crippen LogP contribution >= 0.6 is 12.2 Å². The average molecular weight is 294 g/mol. The fourth-order valence-corrected chi connectivity index (χ4v) is 3.54. The smallest absolute Gasteiger partial charge is 0.179 e. The van der Waals surface area contributed by atoms with E-state index in [1.165, 1.54) is 0 Å². The van der Waals surface area contributed by atoms with Crippen molar-refractivity contribution in [3.63, 3.8) is 0 Å². The first-order valence-corrected chi connectivity index (χ1v) is 7.82. The number of hydrogen-bond donors (Lipinski definition) is 1. The first kappa shape index (κ1) is 13.8. The Kier molecular flexibility index (Phi) is 3.69. The predicted octanol–water partition coefficient (Wildman–Crippen LogP) is 2.81. The molecular weight excluding hydrogens is 272 g/mol. The summed E-state index contributed by atoms with van der Waals surface area (Å²) in [5.74, 6) is 0.547. The van der Waals surface area contributed by atoms with Crippen LogP contribution in [0.3, 0.4) is 0 Å². The van der Waals surface area contributed by atoms with Crippen molar-refractivity contribution in [2.45, 2.75) is 45.8 Å². The van der Waals surface area contributed by atoms with Crippen LogP contribution in [0.5, 0.6) is 0 Å². The highest BCUT2D eigenvalue weighted by molar-refractivity contribution is 7.71. The molecule has 0 bridgehead atoms. The number of rotatable bonds is 4. The van der Waals surface area contributed by atoms with E-state index in [0.29, 0.717) is 12.0 Å². The molecule has 1 aliphatic heterocycles. The van der Waals surface area contributed by atoms with Gasteiger partial charge in [0.1, 0.15) is 5.52 Å². The summed E-state index contributed by atoms with van der Waals surface area (Å²) in [6, 6.07) is 0. The highest BCUT2D eigenvalue weighted by Gasteiger charge is 2.28. The summed E-state index contributed by atoms with van der Waals surface area (Å²) in [6.45, 7) is 6.10. The van der Waals surface area contributed by atoms with Crippen molar-refractivity contribution >= 4 is 23.4 Å². The second-order valence-corrected chi connectivity index (χ2v) is 5.92. The number of aromatic nitrogens is 4. The highest BCUT2D eigenvalue weighted by atomic mass is 32.1. The topological polar surface area (TPSA) is 47.8 Å². The zero-order valence-corrected chi connectivity index (χ0v) is 13.2. The lowest BCUT2D eigenvalue weighted by molar-refractivity contribution is 0.0836. The average Bonchev–Trinajstić information content (AvgIpc) is 3.08. The number of imidazole rings is 1. The van der Waals surface area contributed by atoms with Gasteiger partial charge in [-0.2, -0.15) is 5.10 Å². The van der Waals surface area contributed by atoms with E-state index in [-0.39, 0.29) is 0 Å². The van der Waals surface area contributed by atoms with Crippen molar-refractivity contribution in [3.05, 3.63) is 10.5 Å². The third-order valence-corrected chi connectivity index (χ3v) is 4.65. The Morgan fingerprint density at radius 3 is 2.95 bits per heavy atom. The lowest BCUT2D eigenvalue weighted by atomic mass is 10.00. The standard InChI is InChI=1S/C14H22N4OS/c1-4-10-12-13(17(3)16-10)18(14(20)15-12)8-9-6-7-19-11(9)5-2/h9,11H,4-8H2,1-3H3,(H,15,20). The maximum atomic E-state index is 5.79. The van der Waals surface area contributed by atoms with Crippen molar-refractivity contribution in [2.75, 3.05) is 6.61 Å². The summed E-state index contributed by atoms with van der Waals surface area (Å²) in [4.78, 5) is 3.33. The Labute approximate surface area is 123 Å². The Hall–Kier alpha value is -1.14. The highest BCUT2D eigenvalue weighted by Crippen LogP contribution is 2.27. The fourth-order valence-electron chi connectivity index (χ4n) is 3.28. The Balaban J connectivity index is 2.01. The summed E-state index contributed by atoms with van der Waals surface area (Å²) in [5.41, 5.74) is 3.28. The predicted molar refractivity (Wildman–Crippen MR) is 81.4 cm³/mol. The maximum absolute atomic E-state index is 5.79. The Morgan fingerprint density at radius 2 is 2.25 bits per heavy atom. The SMILES string of the molecule is CCc1nn(C)c2c1[nH]c(=S)n2CC1CCOC1CC. The monoisotopic (exact) mass is 294 g/mol. The van der Waals surface area contributed by atoms with Gasteiger partial charge in [-0.3, -0.25) is 4.68 Å². The number of aryl methyl sites for hydroxylation is 2. The van der Waals surface area contributed by atoms with Crippen molar-refractivity contribution in [2.24, 2.45) is 13.0 Å². The molecule has 3 rings (SSSR count). The van der Waals surface area contributed by atoms with E-state index in [1.807, 2.05) is 11.7 Å². The van der Waals surface area contributed by atoms with Gasteiger partial charge in [-0.25, -0.2) is 0 Å². The van der Waals surface area contributed by atoms with Gasteiger partial charge >= 0.3 is 0 Å². The minimum absolute atomic E-state index is 0.362. The molecule has 6 heteroatoms. The number of nitrogens with zero attached hydrogens (tertiary/aromatic N) is 3. The molecule has 110 valence electrons. The van der Waals surface area contributed by atoms with E-state index in [0.717, 1.165) is 54.0 Å². The molecule has 0 aliphatic carbocycles. The van der Waals surface area contributed by atoms with Crippen LogP contribution in [0.4, 0.5) is 0 Å². The molecule has 3 heterocycles. The second kappa shape index (κ2) is 5.33. The summed E-state index contributed by atoms with van der Waals surface area (Å²) >= 11 is 5.51. The molecule has 1 N–H and O–H groups in total. The van der Waals surface area contributed by atoms with Crippen LogP contribution in [0.25, 0.3) is 11.2 Å². The maximum Gasteiger partial charge on any atom is 0.179 e. The number of aromatic amines is 1. The van der Waals surface area contributed by atoms with Gasteiger partial charge in [0.05, 0.1) is 11.8 Å². The van der Waals surface area contributed by atoms with Gasteiger partial charge in [-0.15, -0.1) is 0 Å². The van der Waals surface area contributed by atoms with Crippen LogP contribution in [0.15, 0.2) is 0 Å². The van der Waals surface area contributed by atoms with E-state index in [9.17, 15) is 0 Å². The van der Waals surface area contributed by atoms with Crippen molar-refractivity contribution in [1.82, 2.24) is 19.3 Å². The molecule has 20 heavy (non-hydrogen) atoms. The van der Waals surface area contributed by atoms with Gasteiger partial charge in [0.25, 0.3) is 0 Å². The van der Waals surface area contributed by atoms with Crippen molar-refractivity contribution in [3.8, 4) is 0 Å². The van der Waals surface area contributed by atoms with E-state index in [2.05, 4.69) is 28.5 Å². The van der Waals surface area contributed by atoms with Crippen LogP contribution in [0, 0.1) is 10.7 Å². The largest absolute Gasteiger partial charge is 0.378 e. The van der Waals surface area contributed by atoms with E-state index < -0.39 is 0 Å². The van der Waals surface area contributed by atoms with Crippen LogP contribution in [-0.4, -0.2) is 32.0 Å². The number of ether oxygens (including phenoxy) is 1. The second-order valence-electron chi connectivity index (χ2n) is 5.53. The zero-order chi connectivity index (χ0) is 14.3. The van der Waals surface area contributed by atoms with E-state index in [1.54, 1.807) is 0 Å². The van der Waals surface area contributed by atoms with E-state index >= 15 is 0 Å². The number of H-pyrrole nitrogens is 1. The number of fused-ring (bicyclic) bond motifs is 1. The molecule has 2 unspecified atom stereocenters. The van der Waals surface area contributed by atoms with Crippen molar-refractivity contribution < 1.29 is 4.74 Å². The molecule has 0 radical (unpaired) electrons. The van der Waals surface area contributed by atoms with Crippen molar-refractivity contribution in [1.29, 1.82) is 0 Å². The first-order chi connectivity index (χ1) is 9.65. The molecule has 1 aliphatic rings. The van der Waals surface area contributed by atoms with Gasteiger partial charge < -0.3 is 14.3 Å². The lowest BCUT2D eigenvalue weighted by Gasteiger charge is -2.17. The molecule has 0 spiro atoms. The molecule has 0 amide bonds. The molecule has 1 saturated heterocycles. The molecule has 0 saturated carbocycles. The Morgan fingerprint density at radius 1 is 1.45 bits per heavy atom. The number of hydrogen-bond acceptors (Lipinski definition) is 3. The molecule has 0 aromatic carbocycles. The third-order valence-electron chi connectivity index (χ3n) is 4.32. The summed E-state index contributed by atoms with van der Waals surface area (Å²) in [7, 11) is 1.99. The molecular formula is C14H22N4OS. The minimum atomic E-state index is 0.362. The van der Waals surface area contributed by atoms with E-state index in [4.69, 9.17) is 17.0 Å². The minimum Gasteiger partial charge on any atom is -0.378 e. The fraction of sp³-hybridized carbons (Fsp3) is 0.714. The molecule has 5 nitrogen and oxygen atoms in total. The van der Waals surface area contributed by atoms with Gasteiger partial charge in [-0.1, -0.05) is 13.8 Å². The van der Waals surface area contributed by atoms with Crippen LogP contribution in [0.1, 0.15) is 32.4 Å². The summed E-state index contributed by atoms with van der Waals surface area (Å²) < 4.78 is 10.7. The number of nitrogens with one attached hydrogen (secondary N) is 1. The Bertz CT molecular complexity index is 669. The van der Waals surface area contributed by atoms with Crippen LogP contribution in [0.2, 0.25) is 0 Å². The summed E-state index contributed by atoms with van der Waals surface area (Å²) in [5, 5.41) is 4.57. The quantitative estimate of drug-likeness (QED) is 0.882. The normalized spacial score (nSPS) is 22.9. The van der Waals surface area contributed by atoms with Gasteiger partial charge in [0, 0.05) is 26.1 Å². The van der Waals surface area contributed by atoms with Gasteiger partial charge in [0.2, 0.25) is 0 Å². The third kappa shape index (κ3) is 2.11. The first-order valence-electron chi connectivity index (χ1n) is 7.41. The zero-order valence-electron chi connectivity index (χ0n) is 12.3. The van der Waals surface area contributed by atoms with Crippen LogP contribution in [-0.2, 0) is 24.8 Å². The summed E-state index contributed by atoms with van der Waals surface area (Å²) in [6.07, 6.45) is 3.46. The van der Waals surface area contributed by atoms with Crippen LogP contribution < -0.4 is 0 Å². The van der Waals surface area contributed by atoms with Gasteiger partial charge in [-0.05, 0) is 31.5 Å².